The monoisotopic (exact) mass is 279 g/mol. The van der Waals surface area contributed by atoms with Crippen LogP contribution in [0.4, 0.5) is 0 Å². The topological polar surface area (TPSA) is 76.4 Å². The minimum atomic E-state index is -0.0703. The standard InChI is InChI=1S/C11H13N5O2S/c1-7(17)15(3-8-4-18-8)16-6-14-9-10(16)12-5-13-11(9)19-2/h5-6,8H,3-4H2,1-2H3. The molecule has 1 saturated heterocycles. The summed E-state index contributed by atoms with van der Waals surface area (Å²) >= 11 is 1.50. The number of carbonyl (C=O) groups is 1. The lowest BCUT2D eigenvalue weighted by molar-refractivity contribution is -0.118. The van der Waals surface area contributed by atoms with Gasteiger partial charge in [0.05, 0.1) is 13.2 Å². The molecule has 1 atom stereocenters. The molecule has 0 aliphatic carbocycles. The second-order valence-corrected chi connectivity index (χ2v) is 5.00. The summed E-state index contributed by atoms with van der Waals surface area (Å²) < 4.78 is 6.85. The maximum Gasteiger partial charge on any atom is 0.238 e. The molecule has 1 fully saturated rings. The van der Waals surface area contributed by atoms with Crippen LogP contribution in [-0.2, 0) is 9.53 Å². The molecule has 0 bridgehead atoms. The van der Waals surface area contributed by atoms with Crippen molar-refractivity contribution in [1.82, 2.24) is 19.6 Å². The fourth-order valence-electron chi connectivity index (χ4n) is 1.86. The number of thioether (sulfide) groups is 1. The van der Waals surface area contributed by atoms with Gasteiger partial charge in [-0.25, -0.2) is 24.6 Å². The van der Waals surface area contributed by atoms with Crippen LogP contribution in [-0.4, -0.2) is 51.0 Å². The first-order valence-electron chi connectivity index (χ1n) is 5.82. The van der Waals surface area contributed by atoms with Gasteiger partial charge in [0, 0.05) is 6.92 Å². The van der Waals surface area contributed by atoms with Gasteiger partial charge in [-0.2, -0.15) is 0 Å². The SMILES string of the molecule is CSc1ncnc2c1ncn2N(CC1CO1)C(C)=O. The third-order valence-electron chi connectivity index (χ3n) is 2.88. The molecule has 3 rings (SSSR count). The van der Waals surface area contributed by atoms with Gasteiger partial charge < -0.3 is 4.74 Å². The normalized spacial score (nSPS) is 17.7. The molecule has 7 nitrogen and oxygen atoms in total. The number of imidazole rings is 1. The van der Waals surface area contributed by atoms with Crippen molar-refractivity contribution in [3.8, 4) is 0 Å². The Morgan fingerprint density at radius 2 is 2.37 bits per heavy atom. The molecule has 0 N–H and O–H groups in total. The molecule has 2 aromatic heterocycles. The van der Waals surface area contributed by atoms with Gasteiger partial charge >= 0.3 is 0 Å². The van der Waals surface area contributed by atoms with Crippen molar-refractivity contribution in [2.45, 2.75) is 18.1 Å². The Bertz CT molecular complexity index is 625. The van der Waals surface area contributed by atoms with E-state index in [0.29, 0.717) is 24.3 Å². The van der Waals surface area contributed by atoms with Crippen LogP contribution in [0.25, 0.3) is 11.2 Å². The molecule has 0 radical (unpaired) electrons. The van der Waals surface area contributed by atoms with Crippen LogP contribution >= 0.6 is 11.8 Å². The van der Waals surface area contributed by atoms with Gasteiger partial charge in [-0.15, -0.1) is 11.8 Å². The van der Waals surface area contributed by atoms with Crippen LogP contribution in [0.2, 0.25) is 0 Å². The van der Waals surface area contributed by atoms with Crippen molar-refractivity contribution in [2.24, 2.45) is 0 Å². The molecule has 1 amide bonds. The molecule has 3 heterocycles. The number of hydrogen-bond donors (Lipinski definition) is 0. The number of epoxide rings is 1. The summed E-state index contributed by atoms with van der Waals surface area (Å²) in [5.74, 6) is -0.0703. The molecule has 2 aromatic rings. The van der Waals surface area contributed by atoms with Crippen LogP contribution < -0.4 is 5.01 Å². The Balaban J connectivity index is 2.05. The number of carbonyl (C=O) groups excluding carboxylic acids is 1. The maximum atomic E-state index is 11.8. The quantitative estimate of drug-likeness (QED) is 0.459. The number of aromatic nitrogens is 4. The van der Waals surface area contributed by atoms with Crippen LogP contribution in [0.15, 0.2) is 17.7 Å². The Kier molecular flexibility index (Phi) is 3.11. The van der Waals surface area contributed by atoms with Crippen molar-refractivity contribution in [1.29, 1.82) is 0 Å². The fraction of sp³-hybridized carbons (Fsp3) is 0.455. The second kappa shape index (κ2) is 4.78. The lowest BCUT2D eigenvalue weighted by atomic mass is 10.4. The Morgan fingerprint density at radius 3 is 3.00 bits per heavy atom. The third-order valence-corrected chi connectivity index (χ3v) is 3.56. The molecule has 0 spiro atoms. The Labute approximate surface area is 114 Å². The Hall–Kier alpha value is -1.67. The van der Waals surface area contributed by atoms with Crippen molar-refractivity contribution < 1.29 is 9.53 Å². The summed E-state index contributed by atoms with van der Waals surface area (Å²) in [6.45, 7) is 2.73. The smallest absolute Gasteiger partial charge is 0.238 e. The fourth-order valence-corrected chi connectivity index (χ4v) is 2.35. The summed E-state index contributed by atoms with van der Waals surface area (Å²) in [5.41, 5.74) is 1.34. The summed E-state index contributed by atoms with van der Waals surface area (Å²) in [4.78, 5) is 24.5. The molecular weight excluding hydrogens is 266 g/mol. The third kappa shape index (κ3) is 2.28. The summed E-state index contributed by atoms with van der Waals surface area (Å²) in [5, 5.41) is 2.39. The highest BCUT2D eigenvalue weighted by Crippen LogP contribution is 2.21. The van der Waals surface area contributed by atoms with Crippen molar-refractivity contribution in [3.63, 3.8) is 0 Å². The summed E-state index contributed by atoms with van der Waals surface area (Å²) in [6.07, 6.45) is 5.13. The lowest BCUT2D eigenvalue weighted by Crippen LogP contribution is -2.41. The zero-order chi connectivity index (χ0) is 13.4. The van der Waals surface area contributed by atoms with E-state index in [-0.39, 0.29) is 12.0 Å². The molecule has 0 aromatic carbocycles. The van der Waals surface area contributed by atoms with Crippen molar-refractivity contribution in [3.05, 3.63) is 12.7 Å². The van der Waals surface area contributed by atoms with Crippen molar-refractivity contribution in [2.75, 3.05) is 24.4 Å². The second-order valence-electron chi connectivity index (χ2n) is 4.20. The first-order valence-corrected chi connectivity index (χ1v) is 7.05. The van der Waals surface area contributed by atoms with E-state index in [2.05, 4.69) is 15.0 Å². The highest BCUT2D eigenvalue weighted by Gasteiger charge is 2.28. The average molecular weight is 279 g/mol. The molecule has 1 aliphatic heterocycles. The van der Waals surface area contributed by atoms with E-state index in [9.17, 15) is 4.79 Å². The predicted octanol–water partition coefficient (Wildman–Crippen LogP) is 0.431. The number of nitrogens with zero attached hydrogens (tertiary/aromatic N) is 5. The van der Waals surface area contributed by atoms with E-state index in [1.165, 1.54) is 25.0 Å². The van der Waals surface area contributed by atoms with Gasteiger partial charge in [0.25, 0.3) is 0 Å². The number of hydrogen-bond acceptors (Lipinski definition) is 6. The highest BCUT2D eigenvalue weighted by molar-refractivity contribution is 7.98. The molecule has 100 valence electrons. The highest BCUT2D eigenvalue weighted by atomic mass is 32.2. The maximum absolute atomic E-state index is 11.8. The number of rotatable bonds is 4. The van der Waals surface area contributed by atoms with E-state index in [4.69, 9.17) is 4.74 Å². The van der Waals surface area contributed by atoms with Gasteiger partial charge in [0.15, 0.2) is 5.65 Å². The number of fused-ring (bicyclic) bond motifs is 1. The zero-order valence-electron chi connectivity index (χ0n) is 10.6. The lowest BCUT2D eigenvalue weighted by Gasteiger charge is -2.20. The molecule has 19 heavy (non-hydrogen) atoms. The van der Waals surface area contributed by atoms with Crippen molar-refractivity contribution >= 4 is 28.8 Å². The number of ether oxygens (including phenoxy) is 1. The van der Waals surface area contributed by atoms with E-state index >= 15 is 0 Å². The van der Waals surface area contributed by atoms with Gasteiger partial charge in [0.2, 0.25) is 5.91 Å². The van der Waals surface area contributed by atoms with Gasteiger partial charge in [-0.1, -0.05) is 0 Å². The average Bonchev–Trinajstić information content (AvgIpc) is 3.13. The van der Waals surface area contributed by atoms with Crippen LogP contribution in [0.3, 0.4) is 0 Å². The first kappa shape index (κ1) is 12.4. The van der Waals surface area contributed by atoms with E-state index in [1.807, 2.05) is 6.26 Å². The first-order chi connectivity index (χ1) is 9.20. The van der Waals surface area contributed by atoms with Gasteiger partial charge in [0.1, 0.15) is 29.3 Å². The van der Waals surface area contributed by atoms with E-state index < -0.39 is 0 Å². The molecule has 8 heteroatoms. The zero-order valence-corrected chi connectivity index (χ0v) is 11.4. The predicted molar refractivity (Wildman–Crippen MR) is 70.6 cm³/mol. The molecule has 0 saturated carbocycles. The largest absolute Gasteiger partial charge is 0.371 e. The summed E-state index contributed by atoms with van der Waals surface area (Å²) in [6, 6.07) is 0. The van der Waals surface area contributed by atoms with E-state index in [1.54, 1.807) is 16.0 Å². The molecular formula is C11H13N5O2S. The summed E-state index contributed by atoms with van der Waals surface area (Å²) in [7, 11) is 0. The molecule has 1 aliphatic rings. The van der Waals surface area contributed by atoms with E-state index in [0.717, 1.165) is 5.03 Å². The minimum Gasteiger partial charge on any atom is -0.371 e. The van der Waals surface area contributed by atoms with Crippen LogP contribution in [0.5, 0.6) is 0 Å². The molecule has 1 unspecified atom stereocenters. The Morgan fingerprint density at radius 1 is 1.58 bits per heavy atom. The minimum absolute atomic E-state index is 0.0703. The van der Waals surface area contributed by atoms with Gasteiger partial charge in [-0.3, -0.25) is 4.79 Å². The van der Waals surface area contributed by atoms with Crippen LogP contribution in [0, 0.1) is 0 Å². The number of amides is 1. The van der Waals surface area contributed by atoms with Crippen LogP contribution in [0.1, 0.15) is 6.92 Å². The van der Waals surface area contributed by atoms with Gasteiger partial charge in [-0.05, 0) is 6.26 Å².